The number of aliphatic hydroxyl groups excluding tert-OH is 4. The van der Waals surface area contributed by atoms with Crippen molar-refractivity contribution in [2.24, 2.45) is 76.0 Å². The molecule has 0 aliphatic carbocycles. The van der Waals surface area contributed by atoms with Gasteiger partial charge in [0.2, 0.25) is 88.6 Å². The van der Waals surface area contributed by atoms with Crippen molar-refractivity contribution in [3.8, 4) is 0 Å². The third kappa shape index (κ3) is 31.4. The van der Waals surface area contributed by atoms with E-state index in [-0.39, 0.29) is 50.0 Å². The zero-order valence-electron chi connectivity index (χ0n) is 67.7. The molecule has 1 rings (SSSR count). The number of primary amides is 4. The lowest BCUT2D eigenvalue weighted by atomic mass is 9.85. The minimum Gasteiger partial charge on any atom is -0.458 e. The molecule has 0 saturated carbocycles. The maximum atomic E-state index is 15.2. The van der Waals surface area contributed by atoms with Crippen LogP contribution in [-0.2, 0) is 91.0 Å². The molecule has 0 unspecified atom stereocenters. The van der Waals surface area contributed by atoms with E-state index in [1.54, 1.807) is 34.6 Å². The Morgan fingerprint density at radius 2 is 1.13 bits per heavy atom. The number of nitrogens with one attached hydrogen (secondary N) is 10. The van der Waals surface area contributed by atoms with E-state index in [4.69, 9.17) is 38.1 Å². The number of likely N-dealkylation sites (N-methyl/N-ethyl adjacent to an activating group) is 2. The van der Waals surface area contributed by atoms with Crippen LogP contribution in [0.3, 0.4) is 0 Å². The highest BCUT2D eigenvalue weighted by Gasteiger charge is 2.46. The van der Waals surface area contributed by atoms with Gasteiger partial charge in [-0.05, 0) is 94.4 Å². The third-order valence-corrected chi connectivity index (χ3v) is 20.2. The van der Waals surface area contributed by atoms with Gasteiger partial charge in [-0.2, -0.15) is 0 Å². The number of rotatable bonds is 38. The summed E-state index contributed by atoms with van der Waals surface area (Å²) in [5.41, 5.74) is 28.4. The normalized spacial score (nSPS) is 24.2. The Morgan fingerprint density at radius 3 is 1.63 bits per heavy atom. The Bertz CT molecular complexity index is 3260. The van der Waals surface area contributed by atoms with Gasteiger partial charge in [-0.1, -0.05) is 95.9 Å². The fourth-order valence-corrected chi connectivity index (χ4v) is 12.4. The lowest BCUT2D eigenvalue weighted by Gasteiger charge is -2.35. The van der Waals surface area contributed by atoms with Crippen LogP contribution in [0.4, 0.5) is 0 Å². The highest BCUT2D eigenvalue weighted by Crippen LogP contribution is 2.25. The first-order valence-electron chi connectivity index (χ1n) is 37.8. The fraction of sp³-hybridized carbons (Fsp3) is 0.764. The SMILES string of the molecule is CC[C@@H](C)C[C@@H]1NC(=O)[C@@H](CCCN)NC(=O)[C@@H]([C@@H](C)O)NC(=O)[C@H](NC(=O)[C@@H](NC(=O)[C@H](O)[C@@H](O)[C@H](NC(=O)[C@@H](CNC(C)=O)NC(=O)[C@H](C)[C@H](O)[C@@H](C)C[C@@H](C)CC)C(C)C)[C@H](C)[C@@H](C)C(N)=O)[C@@H](C)OC(=O)[C@H](CC(C)C)N(C)C(=O)[C@@H](CC(N)=O)NC(=O)[C@@H]([C@@H](OC)C(N)=O)NC(=O)[C@H](CCC(N)=O)N(C)C1=O. The lowest BCUT2D eigenvalue weighted by molar-refractivity contribution is -0.162. The number of ether oxygens (including phenoxy) is 2. The topological polar surface area (TPSA) is 646 Å². The number of carbonyl (C=O) groups is 17. The maximum Gasteiger partial charge on any atom is 0.329 e. The van der Waals surface area contributed by atoms with E-state index in [1.807, 2.05) is 13.8 Å². The predicted octanol–water partition coefficient (Wildman–Crippen LogP) is -6.47. The smallest absolute Gasteiger partial charge is 0.329 e. The summed E-state index contributed by atoms with van der Waals surface area (Å²) in [6.45, 7) is 21.7. The van der Waals surface area contributed by atoms with Crippen molar-refractivity contribution in [1.29, 1.82) is 0 Å². The van der Waals surface area contributed by atoms with Crippen molar-refractivity contribution in [3.63, 3.8) is 0 Å². The molecule has 40 heteroatoms. The van der Waals surface area contributed by atoms with Gasteiger partial charge in [0.1, 0.15) is 72.6 Å². The van der Waals surface area contributed by atoms with Gasteiger partial charge in [0.05, 0.1) is 30.6 Å². The van der Waals surface area contributed by atoms with Gasteiger partial charge >= 0.3 is 5.97 Å². The first-order valence-corrected chi connectivity index (χ1v) is 37.8. The maximum absolute atomic E-state index is 15.2. The first-order chi connectivity index (χ1) is 52.0. The largest absolute Gasteiger partial charge is 0.458 e. The van der Waals surface area contributed by atoms with Crippen LogP contribution in [0.5, 0.6) is 0 Å². The van der Waals surface area contributed by atoms with Crippen molar-refractivity contribution in [2.45, 2.75) is 271 Å². The molecule has 1 aliphatic rings. The molecule has 40 nitrogen and oxygen atoms in total. The quantitative estimate of drug-likeness (QED) is 0.0256. The molecule has 1 heterocycles. The van der Waals surface area contributed by atoms with Gasteiger partial charge in [-0.25, -0.2) is 4.79 Å². The zero-order chi connectivity index (χ0) is 86.4. The monoisotopic (exact) mass is 1600 g/mol. The fourth-order valence-electron chi connectivity index (χ4n) is 12.4. The van der Waals surface area contributed by atoms with Gasteiger partial charge in [-0.3, -0.25) is 76.7 Å². The molecule has 0 bridgehead atoms. The molecule has 24 N–H and O–H groups in total. The molecule has 0 radical (unpaired) electrons. The molecule has 1 aliphatic heterocycles. The highest BCUT2D eigenvalue weighted by molar-refractivity contribution is 6.02. The van der Waals surface area contributed by atoms with Gasteiger partial charge in [0, 0.05) is 47.0 Å². The number of cyclic esters (lactones) is 1. The summed E-state index contributed by atoms with van der Waals surface area (Å²) in [6.07, 6.45) is -13.4. The highest BCUT2D eigenvalue weighted by atomic mass is 16.5. The Labute approximate surface area is 654 Å². The van der Waals surface area contributed by atoms with E-state index in [2.05, 4.69) is 53.2 Å². The van der Waals surface area contributed by atoms with Crippen LogP contribution in [0, 0.1) is 47.3 Å². The Morgan fingerprint density at radius 1 is 0.589 bits per heavy atom. The van der Waals surface area contributed by atoms with E-state index in [9.17, 15) is 92.3 Å². The third-order valence-electron chi connectivity index (χ3n) is 20.2. The minimum atomic E-state index is -2.61. The predicted molar refractivity (Wildman–Crippen MR) is 403 cm³/mol. The summed E-state index contributed by atoms with van der Waals surface area (Å²) in [5.74, 6) is -26.4. The van der Waals surface area contributed by atoms with Crippen LogP contribution in [0.15, 0.2) is 0 Å². The van der Waals surface area contributed by atoms with Crippen molar-refractivity contribution >= 4 is 100 Å². The van der Waals surface area contributed by atoms with E-state index >= 15 is 9.59 Å². The van der Waals surface area contributed by atoms with Gasteiger partial charge in [0.25, 0.3) is 5.91 Å². The molecule has 0 aromatic heterocycles. The second kappa shape index (κ2) is 48.0. The molecule has 1 saturated heterocycles. The lowest BCUT2D eigenvalue weighted by Crippen LogP contribution is -2.65. The second-order valence-electron chi connectivity index (χ2n) is 30.3. The van der Waals surface area contributed by atoms with Crippen LogP contribution >= 0.6 is 0 Å². The number of carbonyl (C=O) groups excluding carboxylic acids is 17. The van der Waals surface area contributed by atoms with E-state index in [0.717, 1.165) is 53.3 Å². The number of methoxy groups -OCH3 is 1. The average molecular weight is 1600 g/mol. The number of esters is 1. The summed E-state index contributed by atoms with van der Waals surface area (Å²) >= 11 is 0. The molecule has 638 valence electrons. The summed E-state index contributed by atoms with van der Waals surface area (Å²) in [4.78, 5) is 241. The van der Waals surface area contributed by atoms with Crippen LogP contribution in [0.25, 0.3) is 0 Å². The number of hydrogen-bond donors (Lipinski definition) is 19. The molecular weight excluding hydrogens is 1470 g/mol. The molecule has 16 amide bonds. The van der Waals surface area contributed by atoms with E-state index in [1.165, 1.54) is 34.6 Å². The standard InChI is InChI=1S/C72H127N17O23/c1-19-33(7)27-35(9)55(94)38(12)61(99)82-45(30-78-41(15)91)63(101)83-50(32(5)6)56(95)57(96)69(107)84-51(36(10)37(11)59(76)97)65(103)86-53-40(14)112-72(110)47(26-31(3)4)89(17)71(109)44(29-49(75)93)81-68(106)54(58(111-18)60(77)98)87-64(102)46(23-24-48(74)92)88(16)70(108)43(28-34(8)20-2)80-62(100)42(22-21-25-73)79-66(104)52(39(13)90)85-67(53)105/h31-40,42-47,50-58,90,94-96H,19-30,73H2,1-18H3,(H2,74,92)(H2,75,93)(H2,76,97)(H2,77,98)(H,78,91)(H,79,104)(H,80,100)(H,81,106)(H,82,99)(H,83,101)(H,84,107)(H,85,105)(H,86,103)(H,87,102)/t33-,34+,35-,36+,37+,38+,39+,40+,42+,43-,44+,45+,46-,47-,50+,51-,52+,53+,54+,55+,56-,57+,58+/m0/s1. The number of nitrogens with zero attached hydrogens (tertiary/aromatic N) is 2. The Balaban J connectivity index is 4.53. The van der Waals surface area contributed by atoms with Crippen LogP contribution in [0.2, 0.25) is 0 Å². The zero-order valence-corrected chi connectivity index (χ0v) is 67.7. The van der Waals surface area contributed by atoms with Crippen molar-refractivity contribution in [3.05, 3.63) is 0 Å². The van der Waals surface area contributed by atoms with Crippen LogP contribution in [-0.4, -0.2) is 268 Å². The van der Waals surface area contributed by atoms with Crippen LogP contribution in [0.1, 0.15) is 168 Å². The molecule has 23 atom stereocenters. The molecule has 112 heavy (non-hydrogen) atoms. The number of hydrogen-bond acceptors (Lipinski definition) is 24. The average Bonchev–Trinajstić information content (AvgIpc) is 0.890. The van der Waals surface area contributed by atoms with Gasteiger partial charge in [0.15, 0.2) is 12.2 Å². The van der Waals surface area contributed by atoms with Crippen LogP contribution < -0.4 is 81.8 Å². The van der Waals surface area contributed by atoms with Gasteiger partial charge < -0.3 is 122 Å². The van der Waals surface area contributed by atoms with Crippen molar-refractivity contribution < 1.29 is 111 Å². The number of amides is 16. The Kier molecular flexibility index (Phi) is 43.1. The van der Waals surface area contributed by atoms with Crippen molar-refractivity contribution in [1.82, 2.24) is 63.0 Å². The molecule has 0 aromatic carbocycles. The Hall–Kier alpha value is -9.25. The molecule has 1 fully saturated rings. The second-order valence-corrected chi connectivity index (χ2v) is 30.3. The summed E-state index contributed by atoms with van der Waals surface area (Å²) in [7, 11) is 3.02. The summed E-state index contributed by atoms with van der Waals surface area (Å²) in [5, 5.41) is 70.0. The summed E-state index contributed by atoms with van der Waals surface area (Å²) < 4.78 is 11.2. The van der Waals surface area contributed by atoms with Crippen molar-refractivity contribution in [2.75, 3.05) is 34.3 Å². The minimum absolute atomic E-state index is 0.00651. The number of nitrogens with two attached hydrogens (primary N) is 5. The summed E-state index contributed by atoms with van der Waals surface area (Å²) in [6, 6.07) is -21.0. The van der Waals surface area contributed by atoms with E-state index < -0.39 is 259 Å². The molecular formula is C72H127N17O23. The number of aliphatic hydroxyl groups is 4. The van der Waals surface area contributed by atoms with E-state index in [0.29, 0.717) is 17.7 Å². The molecule has 0 spiro atoms. The molecule has 0 aromatic rings. The first kappa shape index (κ1) is 101. The van der Waals surface area contributed by atoms with Gasteiger partial charge in [-0.15, -0.1) is 0 Å².